The second-order valence-electron chi connectivity index (χ2n) is 9.71. The zero-order valence-electron chi connectivity index (χ0n) is 18.9. The van der Waals surface area contributed by atoms with Crippen molar-refractivity contribution < 1.29 is 29.3 Å². The average Bonchev–Trinajstić information content (AvgIpc) is 3.36. The fraction of sp³-hybridized carbons (Fsp3) is 0.750. The molecular weight excluding hydrogens is 448 g/mol. The molecule has 1 spiro atoms. The molecule has 34 heavy (non-hydrogen) atoms. The number of aliphatic hydroxyl groups is 2. The number of carbonyl (C=O) groups excluding carboxylic acids is 3. The van der Waals surface area contributed by atoms with Gasteiger partial charge in [-0.05, 0) is 18.8 Å². The topological polar surface area (TPSA) is 199 Å². The molecule has 5 aliphatic rings. The van der Waals surface area contributed by atoms with Crippen LogP contribution < -0.4 is 16.8 Å². The first-order valence-corrected chi connectivity index (χ1v) is 11.5. The van der Waals surface area contributed by atoms with Crippen molar-refractivity contribution in [3.63, 3.8) is 0 Å². The largest absolute Gasteiger partial charge is 0.438 e. The van der Waals surface area contributed by atoms with Crippen LogP contribution in [0.4, 0.5) is 4.79 Å². The monoisotopic (exact) mass is 478 g/mol. The van der Waals surface area contributed by atoms with Gasteiger partial charge >= 0.3 is 6.09 Å². The zero-order valence-corrected chi connectivity index (χ0v) is 18.9. The number of carbonyl (C=O) groups is 3. The Kier molecular flexibility index (Phi) is 5.13. The maximum absolute atomic E-state index is 12.8. The van der Waals surface area contributed by atoms with Crippen LogP contribution >= 0.6 is 0 Å². The molecule has 3 saturated heterocycles. The highest BCUT2D eigenvalue weighted by Gasteiger charge is 2.74. The molecule has 0 aromatic heterocycles. The summed E-state index contributed by atoms with van der Waals surface area (Å²) in [7, 11) is 0. The minimum Gasteiger partial charge on any atom is -0.438 e. The third kappa shape index (κ3) is 3.19. The number of nitrogens with two attached hydrogens (primary N) is 2. The summed E-state index contributed by atoms with van der Waals surface area (Å²) in [6.07, 6.45) is 0.0110. The molecule has 3 fully saturated rings. The van der Waals surface area contributed by atoms with Gasteiger partial charge in [0.05, 0.1) is 19.1 Å². The molecule has 7 N–H and O–H groups in total. The third-order valence-corrected chi connectivity index (χ3v) is 7.43. The van der Waals surface area contributed by atoms with Crippen LogP contribution in [0.2, 0.25) is 0 Å². The number of nitrogens with zero attached hydrogens (tertiary/aromatic N) is 5. The van der Waals surface area contributed by atoms with Gasteiger partial charge in [0.1, 0.15) is 6.04 Å². The Morgan fingerprint density at radius 1 is 1.21 bits per heavy atom. The average molecular weight is 479 g/mol. The number of aliphatic imine (C=N–C) groups is 2. The normalized spacial score (nSPS) is 36.6. The van der Waals surface area contributed by atoms with Crippen LogP contribution in [0, 0.1) is 5.92 Å². The summed E-state index contributed by atoms with van der Waals surface area (Å²) in [4.78, 5) is 49.9. The van der Waals surface area contributed by atoms with Gasteiger partial charge in [-0.2, -0.15) is 0 Å². The van der Waals surface area contributed by atoms with Gasteiger partial charge < -0.3 is 41.5 Å². The lowest BCUT2D eigenvalue weighted by molar-refractivity contribution is -0.257. The first-order chi connectivity index (χ1) is 16.0. The highest BCUT2D eigenvalue weighted by molar-refractivity contribution is 6.02. The van der Waals surface area contributed by atoms with Gasteiger partial charge in [0.15, 0.2) is 23.7 Å². The first kappa shape index (κ1) is 22.7. The number of likely N-dealkylation sites (tertiary alicyclic amines) is 2. The Labute approximate surface area is 195 Å². The molecule has 5 rings (SSSR count). The van der Waals surface area contributed by atoms with Crippen molar-refractivity contribution in [3.8, 4) is 0 Å². The van der Waals surface area contributed by atoms with Crippen molar-refractivity contribution in [2.75, 3.05) is 26.2 Å². The van der Waals surface area contributed by atoms with Crippen LogP contribution in [0.3, 0.4) is 0 Å². The lowest BCUT2D eigenvalue weighted by Gasteiger charge is -2.48. The molecule has 5 aliphatic heterocycles. The van der Waals surface area contributed by atoms with Gasteiger partial charge in [0, 0.05) is 25.9 Å². The molecule has 14 nitrogen and oxygen atoms in total. The quantitative estimate of drug-likeness (QED) is 0.206. The van der Waals surface area contributed by atoms with E-state index in [4.69, 9.17) is 16.2 Å². The Hall–Kier alpha value is -3.13. The smallest absolute Gasteiger partial charge is 0.410 e. The van der Waals surface area contributed by atoms with Crippen molar-refractivity contribution in [3.05, 3.63) is 0 Å². The zero-order chi connectivity index (χ0) is 24.4. The summed E-state index contributed by atoms with van der Waals surface area (Å²) >= 11 is 0. The third-order valence-electron chi connectivity index (χ3n) is 7.43. The van der Waals surface area contributed by atoms with Crippen molar-refractivity contribution in [1.82, 2.24) is 20.0 Å². The highest BCUT2D eigenvalue weighted by Crippen LogP contribution is 2.46. The molecule has 3 amide bonds. The fourth-order valence-corrected chi connectivity index (χ4v) is 5.74. The minimum atomic E-state index is -2.67. The van der Waals surface area contributed by atoms with Gasteiger partial charge in [0.25, 0.3) is 0 Å². The Balaban J connectivity index is 1.43. The van der Waals surface area contributed by atoms with E-state index in [9.17, 15) is 24.6 Å². The molecule has 0 aliphatic carbocycles. The van der Waals surface area contributed by atoms with E-state index in [1.165, 1.54) is 4.90 Å². The Morgan fingerprint density at radius 3 is 2.59 bits per heavy atom. The Morgan fingerprint density at radius 2 is 1.91 bits per heavy atom. The first-order valence-electron chi connectivity index (χ1n) is 11.5. The number of rotatable bonds is 3. The molecule has 0 radical (unpaired) electrons. The van der Waals surface area contributed by atoms with E-state index in [-0.39, 0.29) is 49.7 Å². The molecule has 0 saturated carbocycles. The maximum Gasteiger partial charge on any atom is 0.410 e. The maximum atomic E-state index is 12.8. The molecule has 186 valence electrons. The van der Waals surface area contributed by atoms with Crippen LogP contribution in [0.25, 0.3) is 0 Å². The van der Waals surface area contributed by atoms with Crippen LogP contribution in [-0.2, 0) is 14.3 Å². The van der Waals surface area contributed by atoms with E-state index in [0.29, 0.717) is 19.0 Å². The second kappa shape index (κ2) is 7.70. The van der Waals surface area contributed by atoms with Gasteiger partial charge in [-0.1, -0.05) is 6.92 Å². The number of guanidine groups is 2. The van der Waals surface area contributed by atoms with Gasteiger partial charge in [-0.3, -0.25) is 14.5 Å². The summed E-state index contributed by atoms with van der Waals surface area (Å²) in [6, 6.07) is -1.90. The predicted molar refractivity (Wildman–Crippen MR) is 117 cm³/mol. The van der Waals surface area contributed by atoms with Crippen LogP contribution in [0.15, 0.2) is 9.98 Å². The Bertz CT molecular complexity index is 968. The number of hydrogen-bond donors (Lipinski definition) is 5. The number of piperidine rings is 1. The van der Waals surface area contributed by atoms with Crippen molar-refractivity contribution in [2.45, 2.75) is 62.2 Å². The van der Waals surface area contributed by atoms with Gasteiger partial charge in [-0.25, -0.2) is 14.8 Å². The lowest BCUT2D eigenvalue weighted by atomic mass is 9.85. The fourth-order valence-electron chi connectivity index (χ4n) is 5.74. The van der Waals surface area contributed by atoms with Crippen LogP contribution in [0.5, 0.6) is 0 Å². The lowest BCUT2D eigenvalue weighted by Crippen LogP contribution is -2.77. The van der Waals surface area contributed by atoms with E-state index < -0.39 is 35.7 Å². The molecule has 0 aromatic rings. The molecule has 4 unspecified atom stereocenters. The SMILES string of the molecule is CC1CCCN(C(=O)O[C@H]2CN3C(N)=NC(CN4C(=O)CCC4=O)C4N=C(N)NC43C2(O)O)C1. The number of nitrogens with one attached hydrogen (secondary N) is 1. The van der Waals surface area contributed by atoms with E-state index in [2.05, 4.69) is 15.3 Å². The molecule has 5 atom stereocenters. The van der Waals surface area contributed by atoms with Crippen molar-refractivity contribution in [2.24, 2.45) is 27.4 Å². The predicted octanol–water partition coefficient (Wildman–Crippen LogP) is -2.95. The minimum absolute atomic E-state index is 0.0737. The van der Waals surface area contributed by atoms with E-state index >= 15 is 0 Å². The highest BCUT2D eigenvalue weighted by atomic mass is 16.6. The number of amides is 3. The van der Waals surface area contributed by atoms with Crippen molar-refractivity contribution >= 4 is 29.8 Å². The number of imide groups is 1. The molecule has 0 bridgehead atoms. The van der Waals surface area contributed by atoms with Crippen molar-refractivity contribution in [1.29, 1.82) is 0 Å². The standard InChI is InChI=1S/C20H30N8O6/c1-10-3-2-6-26(7-10)18(31)34-12-9-28-17(22)23-11(8-27-13(29)4-5-14(27)30)15-19(28,20(12,32)33)25-16(21)24-15/h10-12,15,32-33H,2-9H2,1H3,(H2,22,23)(H3,21,24,25)/t10?,11?,12-,15?,19?/m0/s1. The van der Waals surface area contributed by atoms with Gasteiger partial charge in [-0.15, -0.1) is 0 Å². The van der Waals surface area contributed by atoms with E-state index in [1.54, 1.807) is 4.90 Å². The van der Waals surface area contributed by atoms with Crippen LogP contribution in [-0.4, -0.2) is 111 Å². The molecule has 0 aromatic carbocycles. The number of ether oxygens (including phenoxy) is 1. The number of hydrogen-bond acceptors (Lipinski definition) is 12. The summed E-state index contributed by atoms with van der Waals surface area (Å²) in [6.45, 7) is 2.78. The van der Waals surface area contributed by atoms with Crippen LogP contribution in [0.1, 0.15) is 32.6 Å². The second-order valence-corrected chi connectivity index (χ2v) is 9.71. The summed E-state index contributed by atoms with van der Waals surface area (Å²) in [5, 5.41) is 25.6. The summed E-state index contributed by atoms with van der Waals surface area (Å²) < 4.78 is 5.58. The van der Waals surface area contributed by atoms with E-state index in [0.717, 1.165) is 17.7 Å². The summed E-state index contributed by atoms with van der Waals surface area (Å²) in [5.74, 6) is -3.20. The van der Waals surface area contributed by atoms with Gasteiger partial charge in [0.2, 0.25) is 17.6 Å². The summed E-state index contributed by atoms with van der Waals surface area (Å²) in [5.41, 5.74) is 10.4. The molecular formula is C20H30N8O6. The molecule has 14 heteroatoms. The molecule has 5 heterocycles. The van der Waals surface area contributed by atoms with E-state index in [1.807, 2.05) is 6.92 Å².